The highest BCUT2D eigenvalue weighted by atomic mass is 16.3. The molecule has 160 valence electrons. The third-order valence-electron chi connectivity index (χ3n) is 8.44. The van der Waals surface area contributed by atoms with Gasteiger partial charge in [-0.3, -0.25) is 4.79 Å². The van der Waals surface area contributed by atoms with E-state index in [2.05, 4.69) is 19.9 Å². The van der Waals surface area contributed by atoms with Crippen molar-refractivity contribution in [1.29, 1.82) is 0 Å². The van der Waals surface area contributed by atoms with E-state index in [4.69, 9.17) is 0 Å². The molecule has 2 bridgehead atoms. The zero-order valence-electron chi connectivity index (χ0n) is 18.0. The normalized spacial score (nSPS) is 42.1. The van der Waals surface area contributed by atoms with E-state index in [0.717, 1.165) is 32.1 Å². The molecule has 4 aliphatic carbocycles. The maximum Gasteiger partial charge on any atom is 0.159 e. The maximum absolute atomic E-state index is 13.0. The molecule has 0 radical (unpaired) electrons. The number of rotatable bonds is 3. The van der Waals surface area contributed by atoms with Crippen LogP contribution in [-0.2, 0) is 4.79 Å². The largest absolute Gasteiger partial charge is 0.393 e. The Kier molecular flexibility index (Phi) is 5.65. The summed E-state index contributed by atoms with van der Waals surface area (Å²) >= 11 is 0. The van der Waals surface area contributed by atoms with Gasteiger partial charge in [0, 0.05) is 11.8 Å². The molecule has 2 saturated carbocycles. The van der Waals surface area contributed by atoms with Gasteiger partial charge >= 0.3 is 0 Å². The fraction of sp³-hybridized carbons (Fsp3) is 0.720. The molecule has 4 nitrogen and oxygen atoms in total. The Balaban J connectivity index is 1.66. The van der Waals surface area contributed by atoms with Crippen molar-refractivity contribution in [1.82, 2.24) is 0 Å². The molecule has 4 rings (SSSR count). The van der Waals surface area contributed by atoms with Crippen LogP contribution in [0.25, 0.3) is 0 Å². The molecule has 1 unspecified atom stereocenters. The zero-order valence-corrected chi connectivity index (χ0v) is 18.0. The average molecular weight is 401 g/mol. The first-order chi connectivity index (χ1) is 13.7. The first-order valence-electron chi connectivity index (χ1n) is 11.4. The molecule has 2 fully saturated rings. The van der Waals surface area contributed by atoms with Crippen molar-refractivity contribution in [3.8, 4) is 0 Å². The summed E-state index contributed by atoms with van der Waals surface area (Å²) in [5, 5.41) is 30.0. The lowest BCUT2D eigenvalue weighted by molar-refractivity contribution is -0.119. The van der Waals surface area contributed by atoms with Gasteiger partial charge in [-0.2, -0.15) is 0 Å². The SMILES string of the molecule is C/C(=C\[C@H](O)[C@H](C)O)C1CC[C@H]2C3=CC(=O)[C@H]4CC(=CC[C@H](O)C4)[C@H]3CC[C@]12C. The van der Waals surface area contributed by atoms with E-state index in [0.29, 0.717) is 30.6 Å². The van der Waals surface area contributed by atoms with Gasteiger partial charge in [-0.05, 0) is 82.1 Å². The third-order valence-corrected chi connectivity index (χ3v) is 8.44. The van der Waals surface area contributed by atoms with Gasteiger partial charge in [0.05, 0.1) is 18.3 Å². The van der Waals surface area contributed by atoms with Crippen LogP contribution in [0.2, 0.25) is 0 Å². The van der Waals surface area contributed by atoms with Crippen LogP contribution in [0.5, 0.6) is 0 Å². The minimum Gasteiger partial charge on any atom is -0.393 e. The molecule has 29 heavy (non-hydrogen) atoms. The van der Waals surface area contributed by atoms with Crippen molar-refractivity contribution in [2.24, 2.45) is 29.1 Å². The van der Waals surface area contributed by atoms with Gasteiger partial charge in [0.25, 0.3) is 0 Å². The van der Waals surface area contributed by atoms with Crippen LogP contribution in [0, 0.1) is 29.1 Å². The Bertz CT molecular complexity index is 761. The number of ketones is 1. The molecule has 0 amide bonds. The van der Waals surface area contributed by atoms with Gasteiger partial charge < -0.3 is 15.3 Å². The molecular formula is C25H36O4. The van der Waals surface area contributed by atoms with E-state index in [1.807, 2.05) is 12.2 Å². The Hall–Kier alpha value is -1.23. The highest BCUT2D eigenvalue weighted by molar-refractivity contribution is 5.93. The molecule has 8 atom stereocenters. The second kappa shape index (κ2) is 7.79. The summed E-state index contributed by atoms with van der Waals surface area (Å²) in [6.45, 7) is 6.07. The van der Waals surface area contributed by atoms with Crippen LogP contribution in [0.3, 0.4) is 0 Å². The molecule has 4 heteroatoms. The molecule has 0 aromatic heterocycles. The predicted molar refractivity (Wildman–Crippen MR) is 113 cm³/mol. The van der Waals surface area contributed by atoms with Crippen LogP contribution >= 0.6 is 0 Å². The topological polar surface area (TPSA) is 77.8 Å². The monoisotopic (exact) mass is 400 g/mol. The number of aliphatic hydroxyl groups is 3. The Morgan fingerprint density at radius 2 is 2.03 bits per heavy atom. The molecule has 0 aromatic rings. The van der Waals surface area contributed by atoms with Crippen molar-refractivity contribution in [2.45, 2.75) is 84.0 Å². The highest BCUT2D eigenvalue weighted by Crippen LogP contribution is 2.62. The van der Waals surface area contributed by atoms with Crippen molar-refractivity contribution >= 4 is 5.78 Å². The first-order valence-corrected chi connectivity index (χ1v) is 11.4. The first kappa shape index (κ1) is 21.0. The van der Waals surface area contributed by atoms with Crippen molar-refractivity contribution in [3.63, 3.8) is 0 Å². The summed E-state index contributed by atoms with van der Waals surface area (Å²) in [4.78, 5) is 13.0. The highest BCUT2D eigenvalue weighted by Gasteiger charge is 2.53. The van der Waals surface area contributed by atoms with Crippen LogP contribution in [-0.4, -0.2) is 39.4 Å². The number of carbonyl (C=O) groups is 1. The van der Waals surface area contributed by atoms with Crippen LogP contribution in [0.1, 0.15) is 65.7 Å². The van der Waals surface area contributed by atoms with Crippen LogP contribution in [0.15, 0.2) is 34.9 Å². The number of hydrogen-bond acceptors (Lipinski definition) is 4. The number of hydrogen-bond donors (Lipinski definition) is 3. The van der Waals surface area contributed by atoms with E-state index in [1.165, 1.54) is 16.7 Å². The second-order valence-corrected chi connectivity index (χ2v) is 10.3. The van der Waals surface area contributed by atoms with Crippen molar-refractivity contribution in [2.75, 3.05) is 0 Å². The summed E-state index contributed by atoms with van der Waals surface area (Å²) < 4.78 is 0. The summed E-state index contributed by atoms with van der Waals surface area (Å²) in [5.41, 5.74) is 3.97. The molecular weight excluding hydrogens is 364 g/mol. The van der Waals surface area contributed by atoms with Crippen LogP contribution in [0.4, 0.5) is 0 Å². The lowest BCUT2D eigenvalue weighted by Crippen LogP contribution is -2.37. The number of fused-ring (bicyclic) bond motifs is 6. The zero-order chi connectivity index (χ0) is 20.9. The minimum absolute atomic E-state index is 0.0665. The van der Waals surface area contributed by atoms with Gasteiger partial charge in [-0.1, -0.05) is 35.8 Å². The fourth-order valence-corrected chi connectivity index (χ4v) is 6.82. The van der Waals surface area contributed by atoms with E-state index in [9.17, 15) is 20.1 Å². The number of aliphatic hydroxyl groups excluding tert-OH is 3. The molecule has 0 saturated heterocycles. The fourth-order valence-electron chi connectivity index (χ4n) is 6.82. The summed E-state index contributed by atoms with van der Waals surface area (Å²) in [5.74, 6) is 1.27. The quantitative estimate of drug-likeness (QED) is 0.631. The van der Waals surface area contributed by atoms with Gasteiger partial charge in [-0.25, -0.2) is 0 Å². The van der Waals surface area contributed by atoms with Crippen molar-refractivity contribution < 1.29 is 20.1 Å². The minimum atomic E-state index is -0.827. The van der Waals surface area contributed by atoms with Crippen LogP contribution < -0.4 is 0 Å². The summed E-state index contributed by atoms with van der Waals surface area (Å²) in [6, 6.07) is 0. The number of allylic oxidation sites excluding steroid dienone is 4. The van der Waals surface area contributed by atoms with E-state index in [1.54, 1.807) is 6.92 Å². The number of carbonyl (C=O) groups excluding carboxylic acids is 1. The van der Waals surface area contributed by atoms with E-state index < -0.39 is 18.3 Å². The summed E-state index contributed by atoms with van der Waals surface area (Å²) in [7, 11) is 0. The Labute approximate surface area is 174 Å². The average Bonchev–Trinajstić information content (AvgIpc) is 2.80. The molecule has 0 aromatic carbocycles. The maximum atomic E-state index is 13.0. The molecule has 0 aliphatic heterocycles. The molecule has 4 aliphatic rings. The molecule has 0 spiro atoms. The Morgan fingerprint density at radius 3 is 2.76 bits per heavy atom. The van der Waals surface area contributed by atoms with E-state index in [-0.39, 0.29) is 17.1 Å². The van der Waals surface area contributed by atoms with Gasteiger partial charge in [-0.15, -0.1) is 0 Å². The summed E-state index contributed by atoms with van der Waals surface area (Å²) in [6.07, 6.45) is 10.4. The van der Waals surface area contributed by atoms with Gasteiger partial charge in [0.2, 0.25) is 0 Å². The smallest absolute Gasteiger partial charge is 0.159 e. The standard InChI is InChI=1S/C25H36O4/c1-14(10-23(28)15(2)26)21-6-7-22-20-13-24(29)17-11-16(4-5-18(27)12-17)19(20)8-9-25(21,22)3/h4,10,13,15,17-19,21-23,26-28H,5-9,11-12H2,1-3H3/b14-10+/t15-,17-,18-,19+,21?,22-,23-,25+/m0/s1. The van der Waals surface area contributed by atoms with Gasteiger partial charge in [0.15, 0.2) is 5.78 Å². The molecule has 3 N–H and O–H groups in total. The van der Waals surface area contributed by atoms with Crippen molar-refractivity contribution in [3.05, 3.63) is 34.9 Å². The predicted octanol–water partition coefficient (Wildman–Crippen LogP) is 3.71. The lowest BCUT2D eigenvalue weighted by atomic mass is 9.58. The van der Waals surface area contributed by atoms with Gasteiger partial charge in [0.1, 0.15) is 0 Å². The second-order valence-electron chi connectivity index (χ2n) is 10.3. The Morgan fingerprint density at radius 1 is 1.28 bits per heavy atom. The third kappa shape index (κ3) is 3.68. The van der Waals surface area contributed by atoms with E-state index >= 15 is 0 Å². The molecule has 0 heterocycles. The lowest BCUT2D eigenvalue weighted by Gasteiger charge is -2.46.